The van der Waals surface area contributed by atoms with Crippen molar-refractivity contribution in [1.82, 2.24) is 0 Å². The van der Waals surface area contributed by atoms with Crippen LogP contribution in [0.2, 0.25) is 10.0 Å². The summed E-state index contributed by atoms with van der Waals surface area (Å²) >= 11 is 12.1. The Balaban J connectivity index is 1.84. The lowest BCUT2D eigenvalue weighted by molar-refractivity contribution is -0.864. The van der Waals surface area contributed by atoms with Crippen LogP contribution in [0.5, 0.6) is 0 Å². The summed E-state index contributed by atoms with van der Waals surface area (Å²) in [4.78, 5) is 13.2. The first-order valence-electron chi connectivity index (χ1n) is 7.33. The third-order valence-electron chi connectivity index (χ3n) is 3.27. The Hall–Kier alpha value is -1.81. The number of carbonyl (C=O) groups excluding carboxylic acids is 1. The zero-order valence-electron chi connectivity index (χ0n) is 12.9. The van der Waals surface area contributed by atoms with Crippen molar-refractivity contribution < 1.29 is 9.69 Å². The fraction of sp³-hybridized carbons (Fsp3) is 0.167. The molecule has 3 nitrogen and oxygen atoms in total. The number of likely N-dealkylation sites (N-methyl/N-ethyl adjacent to an activating group) is 1. The standard InChI is InChI=1S/C18H18Cl2N2O/c1-22(12-6-9-14-7-3-2-4-8-14)13-17(23)21-18-15(19)10-5-11-16(18)20/h2-11H,12-13H2,1H3,(H,21,23)/p+1/b9-6+. The van der Waals surface area contributed by atoms with Crippen molar-refractivity contribution in [3.8, 4) is 0 Å². The number of hydrogen-bond acceptors (Lipinski definition) is 1. The van der Waals surface area contributed by atoms with Gasteiger partial charge in [0.2, 0.25) is 0 Å². The zero-order chi connectivity index (χ0) is 16.7. The van der Waals surface area contributed by atoms with Gasteiger partial charge in [-0.1, -0.05) is 65.7 Å². The maximum atomic E-state index is 12.1. The van der Waals surface area contributed by atoms with E-state index >= 15 is 0 Å². The summed E-state index contributed by atoms with van der Waals surface area (Å²) in [5.41, 5.74) is 1.61. The number of nitrogens with one attached hydrogen (secondary N) is 2. The number of rotatable bonds is 6. The van der Waals surface area contributed by atoms with E-state index < -0.39 is 0 Å². The van der Waals surface area contributed by atoms with Gasteiger partial charge in [-0.2, -0.15) is 0 Å². The second-order valence-electron chi connectivity index (χ2n) is 5.30. The van der Waals surface area contributed by atoms with Crippen molar-refractivity contribution in [1.29, 1.82) is 0 Å². The summed E-state index contributed by atoms with van der Waals surface area (Å²) in [5, 5.41) is 3.64. The minimum atomic E-state index is -0.120. The molecule has 0 saturated heterocycles. The molecule has 2 rings (SSSR count). The molecule has 0 aromatic heterocycles. The van der Waals surface area contributed by atoms with Gasteiger partial charge in [0.1, 0.15) is 0 Å². The second kappa shape index (κ2) is 8.73. The molecule has 2 aromatic carbocycles. The van der Waals surface area contributed by atoms with Gasteiger partial charge >= 0.3 is 0 Å². The molecule has 0 radical (unpaired) electrons. The van der Waals surface area contributed by atoms with E-state index in [1.165, 1.54) is 0 Å². The highest BCUT2D eigenvalue weighted by Gasteiger charge is 2.12. The first-order valence-corrected chi connectivity index (χ1v) is 8.08. The van der Waals surface area contributed by atoms with Crippen molar-refractivity contribution in [2.75, 3.05) is 25.5 Å². The Morgan fingerprint density at radius 3 is 2.39 bits per heavy atom. The normalized spacial score (nSPS) is 12.3. The molecule has 1 amide bonds. The molecular weight excluding hydrogens is 331 g/mol. The first kappa shape index (κ1) is 17.5. The van der Waals surface area contributed by atoms with Gasteiger partial charge in [0, 0.05) is 0 Å². The smallest absolute Gasteiger partial charge is 0.279 e. The van der Waals surface area contributed by atoms with Crippen LogP contribution >= 0.6 is 23.2 Å². The lowest BCUT2D eigenvalue weighted by Crippen LogP contribution is -3.09. The van der Waals surface area contributed by atoms with Crippen molar-refractivity contribution in [3.05, 3.63) is 70.2 Å². The predicted octanol–water partition coefficient (Wildman–Crippen LogP) is 3.16. The molecule has 1 unspecified atom stereocenters. The monoisotopic (exact) mass is 349 g/mol. The maximum absolute atomic E-state index is 12.1. The van der Waals surface area contributed by atoms with Crippen molar-refractivity contribution in [2.24, 2.45) is 0 Å². The Bertz CT molecular complexity index is 666. The third kappa shape index (κ3) is 5.71. The van der Waals surface area contributed by atoms with Crippen LogP contribution in [0.1, 0.15) is 5.56 Å². The van der Waals surface area contributed by atoms with Crippen LogP contribution in [0.4, 0.5) is 5.69 Å². The lowest BCUT2D eigenvalue weighted by Gasteiger charge is -2.13. The van der Waals surface area contributed by atoms with Gasteiger partial charge in [-0.15, -0.1) is 0 Å². The Kier molecular flexibility index (Phi) is 6.66. The molecular formula is C18H19Cl2N2O+. The van der Waals surface area contributed by atoms with Gasteiger partial charge in [0.15, 0.2) is 6.54 Å². The van der Waals surface area contributed by atoms with Gasteiger partial charge in [0.05, 0.1) is 29.3 Å². The minimum absolute atomic E-state index is 0.120. The van der Waals surface area contributed by atoms with E-state index in [1.54, 1.807) is 18.2 Å². The summed E-state index contributed by atoms with van der Waals surface area (Å²) in [6.45, 7) is 1.08. The molecule has 2 aromatic rings. The molecule has 0 aliphatic carbocycles. The van der Waals surface area contributed by atoms with E-state index in [4.69, 9.17) is 23.2 Å². The van der Waals surface area contributed by atoms with E-state index in [1.807, 2.05) is 43.5 Å². The number of para-hydroxylation sites is 1. The highest BCUT2D eigenvalue weighted by Crippen LogP contribution is 2.29. The maximum Gasteiger partial charge on any atom is 0.279 e. The fourth-order valence-corrected chi connectivity index (χ4v) is 2.60. The molecule has 5 heteroatoms. The summed E-state index contributed by atoms with van der Waals surface area (Å²) in [5.74, 6) is -0.120. The lowest BCUT2D eigenvalue weighted by atomic mass is 10.2. The van der Waals surface area contributed by atoms with E-state index in [9.17, 15) is 4.79 Å². The number of carbonyl (C=O) groups is 1. The highest BCUT2D eigenvalue weighted by atomic mass is 35.5. The number of hydrogen-bond donors (Lipinski definition) is 2. The second-order valence-corrected chi connectivity index (χ2v) is 6.11. The van der Waals surface area contributed by atoms with Crippen LogP contribution in [-0.2, 0) is 4.79 Å². The predicted molar refractivity (Wildman–Crippen MR) is 97.2 cm³/mol. The van der Waals surface area contributed by atoms with E-state index in [0.29, 0.717) is 22.3 Å². The molecule has 0 spiro atoms. The van der Waals surface area contributed by atoms with E-state index in [0.717, 1.165) is 17.0 Å². The summed E-state index contributed by atoms with van der Waals surface area (Å²) < 4.78 is 0. The highest BCUT2D eigenvalue weighted by molar-refractivity contribution is 6.39. The molecule has 2 N–H and O–H groups in total. The first-order chi connectivity index (χ1) is 11.1. The molecule has 0 bridgehead atoms. The SMILES string of the molecule is C[NH+](C/C=C/c1ccccc1)CC(=O)Nc1c(Cl)cccc1Cl. The van der Waals surface area contributed by atoms with Crippen LogP contribution in [0.15, 0.2) is 54.6 Å². The van der Waals surface area contributed by atoms with Crippen LogP contribution in [0.3, 0.4) is 0 Å². The quantitative estimate of drug-likeness (QED) is 0.825. The number of anilines is 1. The van der Waals surface area contributed by atoms with E-state index in [2.05, 4.69) is 11.4 Å². The molecule has 0 aliphatic rings. The van der Waals surface area contributed by atoms with Gasteiger partial charge in [-0.05, 0) is 23.8 Å². The molecule has 23 heavy (non-hydrogen) atoms. The fourth-order valence-electron chi connectivity index (χ4n) is 2.11. The Morgan fingerprint density at radius 1 is 1.09 bits per heavy atom. The molecule has 0 aliphatic heterocycles. The minimum Gasteiger partial charge on any atom is -0.326 e. The number of amides is 1. The van der Waals surface area contributed by atoms with Crippen LogP contribution in [0.25, 0.3) is 6.08 Å². The van der Waals surface area contributed by atoms with Gasteiger partial charge in [-0.3, -0.25) is 4.79 Å². The van der Waals surface area contributed by atoms with Crippen molar-refractivity contribution in [2.45, 2.75) is 0 Å². The zero-order valence-corrected chi connectivity index (χ0v) is 14.4. The average molecular weight is 350 g/mol. The van der Waals surface area contributed by atoms with Gasteiger partial charge in [-0.25, -0.2) is 0 Å². The largest absolute Gasteiger partial charge is 0.326 e. The van der Waals surface area contributed by atoms with Crippen LogP contribution < -0.4 is 10.2 Å². The molecule has 1 atom stereocenters. The van der Waals surface area contributed by atoms with Crippen LogP contribution in [0, 0.1) is 0 Å². The molecule has 0 saturated carbocycles. The average Bonchev–Trinajstić information content (AvgIpc) is 2.52. The van der Waals surface area contributed by atoms with Gasteiger partial charge < -0.3 is 10.2 Å². The summed E-state index contributed by atoms with van der Waals surface area (Å²) in [6, 6.07) is 15.2. The molecule has 0 heterocycles. The van der Waals surface area contributed by atoms with Crippen molar-refractivity contribution >= 4 is 40.9 Å². The Morgan fingerprint density at radius 2 is 1.74 bits per heavy atom. The summed E-state index contributed by atoms with van der Waals surface area (Å²) in [7, 11) is 1.96. The van der Waals surface area contributed by atoms with Gasteiger partial charge in [0.25, 0.3) is 5.91 Å². The number of halogens is 2. The van der Waals surface area contributed by atoms with Crippen LogP contribution in [-0.4, -0.2) is 26.0 Å². The van der Waals surface area contributed by atoms with E-state index in [-0.39, 0.29) is 5.91 Å². The summed E-state index contributed by atoms with van der Waals surface area (Å²) in [6.07, 6.45) is 4.10. The number of quaternary nitrogens is 1. The topological polar surface area (TPSA) is 33.5 Å². The Labute approximate surface area is 146 Å². The number of benzene rings is 2. The van der Waals surface area contributed by atoms with Crippen molar-refractivity contribution in [3.63, 3.8) is 0 Å². The molecule has 120 valence electrons. The molecule has 0 fully saturated rings. The third-order valence-corrected chi connectivity index (χ3v) is 3.90.